The predicted molar refractivity (Wildman–Crippen MR) is 89.8 cm³/mol. The van der Waals surface area contributed by atoms with Crippen LogP contribution in [-0.4, -0.2) is 13.2 Å². The van der Waals surface area contributed by atoms with E-state index in [1.165, 1.54) is 50.5 Å². The summed E-state index contributed by atoms with van der Waals surface area (Å²) in [5, 5.41) is 3.74. The molecule has 0 amide bonds. The molecule has 1 aliphatic carbocycles. The summed E-state index contributed by atoms with van der Waals surface area (Å²) >= 11 is 0. The van der Waals surface area contributed by atoms with E-state index in [1.54, 1.807) is 0 Å². The molecular formula is C19H31NO. The first kappa shape index (κ1) is 16.4. The number of benzene rings is 1. The van der Waals surface area contributed by atoms with E-state index < -0.39 is 0 Å². The van der Waals surface area contributed by atoms with Crippen LogP contribution in [0.25, 0.3) is 0 Å². The lowest BCUT2D eigenvalue weighted by atomic mass is 9.83. The molecule has 1 saturated carbocycles. The second-order valence-electron chi connectivity index (χ2n) is 6.25. The molecule has 0 spiro atoms. The molecule has 0 aliphatic heterocycles. The van der Waals surface area contributed by atoms with Gasteiger partial charge in [-0.2, -0.15) is 0 Å². The Morgan fingerprint density at radius 3 is 2.43 bits per heavy atom. The first-order valence-electron chi connectivity index (χ1n) is 8.79. The third-order valence-corrected chi connectivity index (χ3v) is 4.53. The van der Waals surface area contributed by atoms with E-state index >= 15 is 0 Å². The fraction of sp³-hybridized carbons (Fsp3) is 0.684. The average molecular weight is 289 g/mol. The van der Waals surface area contributed by atoms with Crippen LogP contribution < -0.4 is 10.1 Å². The topological polar surface area (TPSA) is 21.3 Å². The van der Waals surface area contributed by atoms with Gasteiger partial charge in [0.05, 0.1) is 6.61 Å². The van der Waals surface area contributed by atoms with E-state index in [9.17, 15) is 0 Å². The first-order valence-corrected chi connectivity index (χ1v) is 8.79. The largest absolute Gasteiger partial charge is 0.494 e. The summed E-state index contributed by atoms with van der Waals surface area (Å²) in [5.74, 6) is 1.88. The predicted octanol–water partition coefficient (Wildman–Crippen LogP) is 5.10. The molecule has 2 heteroatoms. The highest BCUT2D eigenvalue weighted by molar-refractivity contribution is 5.29. The fourth-order valence-electron chi connectivity index (χ4n) is 3.38. The number of hydrogen-bond acceptors (Lipinski definition) is 2. The zero-order chi connectivity index (χ0) is 14.9. The van der Waals surface area contributed by atoms with Crippen LogP contribution in [0.3, 0.4) is 0 Å². The van der Waals surface area contributed by atoms with Gasteiger partial charge in [0.2, 0.25) is 0 Å². The molecule has 1 aliphatic rings. The minimum absolute atomic E-state index is 0.503. The highest BCUT2D eigenvalue weighted by Gasteiger charge is 2.19. The van der Waals surface area contributed by atoms with Gasteiger partial charge in [-0.05, 0) is 49.9 Å². The van der Waals surface area contributed by atoms with Crippen molar-refractivity contribution in [1.29, 1.82) is 0 Å². The maximum absolute atomic E-state index is 5.55. The summed E-state index contributed by atoms with van der Waals surface area (Å²) in [5.41, 5.74) is 1.41. The Morgan fingerprint density at radius 2 is 1.81 bits per heavy atom. The van der Waals surface area contributed by atoms with Crippen molar-refractivity contribution in [3.8, 4) is 5.75 Å². The Balaban J connectivity index is 1.99. The molecule has 2 rings (SSSR count). The van der Waals surface area contributed by atoms with Gasteiger partial charge >= 0.3 is 0 Å². The van der Waals surface area contributed by atoms with Gasteiger partial charge in [-0.25, -0.2) is 0 Å². The van der Waals surface area contributed by atoms with E-state index in [4.69, 9.17) is 4.74 Å². The quantitative estimate of drug-likeness (QED) is 0.719. The van der Waals surface area contributed by atoms with E-state index in [-0.39, 0.29) is 0 Å². The van der Waals surface area contributed by atoms with Crippen molar-refractivity contribution in [1.82, 2.24) is 5.32 Å². The maximum Gasteiger partial charge on any atom is 0.119 e. The second kappa shape index (κ2) is 9.09. The Bertz CT molecular complexity index is 381. The Morgan fingerprint density at radius 1 is 1.10 bits per heavy atom. The zero-order valence-corrected chi connectivity index (χ0v) is 13.7. The molecule has 1 aromatic carbocycles. The molecule has 0 aromatic heterocycles. The molecule has 0 radical (unpaired) electrons. The summed E-state index contributed by atoms with van der Waals surface area (Å²) in [6, 6.07) is 9.20. The van der Waals surface area contributed by atoms with Crippen LogP contribution in [0.4, 0.5) is 0 Å². The molecule has 0 bridgehead atoms. The third kappa shape index (κ3) is 5.35. The normalized spacial score (nSPS) is 17.6. The molecule has 0 heterocycles. The minimum Gasteiger partial charge on any atom is -0.494 e. The molecule has 1 aromatic rings. The molecule has 118 valence electrons. The van der Waals surface area contributed by atoms with Crippen molar-refractivity contribution < 1.29 is 4.74 Å². The smallest absolute Gasteiger partial charge is 0.119 e. The van der Waals surface area contributed by atoms with E-state index in [0.29, 0.717) is 6.04 Å². The second-order valence-corrected chi connectivity index (χ2v) is 6.25. The van der Waals surface area contributed by atoms with E-state index in [1.807, 2.05) is 6.92 Å². The monoisotopic (exact) mass is 289 g/mol. The van der Waals surface area contributed by atoms with Crippen LogP contribution in [-0.2, 0) is 0 Å². The van der Waals surface area contributed by atoms with Crippen molar-refractivity contribution in [3.63, 3.8) is 0 Å². The van der Waals surface area contributed by atoms with Crippen LogP contribution in [0, 0.1) is 5.92 Å². The van der Waals surface area contributed by atoms with Gasteiger partial charge in [-0.15, -0.1) is 0 Å². The standard InChI is InChI=1S/C19H31NO/c1-3-14-20-19(15-16-8-6-5-7-9-16)17-10-12-18(13-11-17)21-4-2/h10-13,16,19-20H,3-9,14-15H2,1-2H3. The van der Waals surface area contributed by atoms with Crippen molar-refractivity contribution in [2.75, 3.05) is 13.2 Å². The summed E-state index contributed by atoms with van der Waals surface area (Å²) in [4.78, 5) is 0. The van der Waals surface area contributed by atoms with Crippen LogP contribution in [0.1, 0.15) is 70.4 Å². The van der Waals surface area contributed by atoms with Gasteiger partial charge < -0.3 is 10.1 Å². The minimum atomic E-state index is 0.503. The van der Waals surface area contributed by atoms with Crippen molar-refractivity contribution in [3.05, 3.63) is 29.8 Å². The van der Waals surface area contributed by atoms with Crippen LogP contribution >= 0.6 is 0 Å². The number of hydrogen-bond donors (Lipinski definition) is 1. The molecule has 0 saturated heterocycles. The summed E-state index contributed by atoms with van der Waals surface area (Å²) in [7, 11) is 0. The molecule has 1 unspecified atom stereocenters. The Kier molecular flexibility index (Phi) is 7.08. The van der Waals surface area contributed by atoms with Crippen LogP contribution in [0.15, 0.2) is 24.3 Å². The van der Waals surface area contributed by atoms with Gasteiger partial charge in [-0.3, -0.25) is 0 Å². The summed E-state index contributed by atoms with van der Waals surface area (Å²) in [6.45, 7) is 6.11. The van der Waals surface area contributed by atoms with E-state index in [0.717, 1.165) is 24.8 Å². The maximum atomic E-state index is 5.55. The average Bonchev–Trinajstić information content (AvgIpc) is 2.53. The van der Waals surface area contributed by atoms with Crippen LogP contribution in [0.5, 0.6) is 5.75 Å². The fourth-order valence-corrected chi connectivity index (χ4v) is 3.38. The van der Waals surface area contributed by atoms with Crippen molar-refractivity contribution in [2.24, 2.45) is 5.92 Å². The van der Waals surface area contributed by atoms with E-state index in [2.05, 4.69) is 36.5 Å². The van der Waals surface area contributed by atoms with Crippen LogP contribution in [0.2, 0.25) is 0 Å². The third-order valence-electron chi connectivity index (χ3n) is 4.53. The van der Waals surface area contributed by atoms with Crippen molar-refractivity contribution in [2.45, 2.75) is 64.8 Å². The molecule has 2 nitrogen and oxygen atoms in total. The molecule has 1 N–H and O–H groups in total. The van der Waals surface area contributed by atoms with Gasteiger partial charge in [0, 0.05) is 6.04 Å². The van der Waals surface area contributed by atoms with Crippen molar-refractivity contribution >= 4 is 0 Å². The molecule has 1 fully saturated rings. The highest BCUT2D eigenvalue weighted by atomic mass is 16.5. The lowest BCUT2D eigenvalue weighted by molar-refractivity contribution is 0.299. The summed E-state index contributed by atoms with van der Waals surface area (Å²) < 4.78 is 5.55. The van der Waals surface area contributed by atoms with Gasteiger partial charge in [0.15, 0.2) is 0 Å². The van der Waals surface area contributed by atoms with Gasteiger partial charge in [-0.1, -0.05) is 51.2 Å². The lowest BCUT2D eigenvalue weighted by Gasteiger charge is -2.27. The Labute approximate surface area is 130 Å². The number of rotatable bonds is 8. The SMILES string of the molecule is CCCNC(CC1CCCCC1)c1ccc(OCC)cc1. The van der Waals surface area contributed by atoms with Gasteiger partial charge in [0.25, 0.3) is 0 Å². The Hall–Kier alpha value is -1.02. The summed E-state index contributed by atoms with van der Waals surface area (Å²) in [6.07, 6.45) is 9.60. The molecular weight excluding hydrogens is 258 g/mol. The highest BCUT2D eigenvalue weighted by Crippen LogP contribution is 2.32. The number of ether oxygens (including phenoxy) is 1. The molecule has 1 atom stereocenters. The lowest BCUT2D eigenvalue weighted by Crippen LogP contribution is -2.25. The zero-order valence-electron chi connectivity index (χ0n) is 13.7. The molecule has 21 heavy (non-hydrogen) atoms. The first-order chi connectivity index (χ1) is 10.3. The number of nitrogens with one attached hydrogen (secondary N) is 1. The van der Waals surface area contributed by atoms with Gasteiger partial charge in [0.1, 0.15) is 5.75 Å².